The number of hydrogen-bond acceptors (Lipinski definition) is 7. The molecule has 0 fully saturated rings. The number of halogens is 1. The third-order valence-electron chi connectivity index (χ3n) is 7.58. The van der Waals surface area contributed by atoms with Gasteiger partial charge in [-0.25, -0.2) is 12.8 Å². The van der Waals surface area contributed by atoms with Gasteiger partial charge in [-0.05, 0) is 61.9 Å². The topological polar surface area (TPSA) is 114 Å². The van der Waals surface area contributed by atoms with E-state index in [2.05, 4.69) is 5.32 Å². The van der Waals surface area contributed by atoms with Crippen LogP contribution in [-0.4, -0.2) is 65.1 Å². The Hall–Kier alpha value is -5.10. The van der Waals surface area contributed by atoms with Gasteiger partial charge >= 0.3 is 0 Å². The second-order valence-electron chi connectivity index (χ2n) is 10.7. The number of sulfonamides is 1. The van der Waals surface area contributed by atoms with E-state index in [0.717, 1.165) is 9.87 Å². The summed E-state index contributed by atoms with van der Waals surface area (Å²) in [4.78, 5) is 29.2. The zero-order chi connectivity index (χ0) is 34.7. The molecule has 2 amide bonds. The van der Waals surface area contributed by atoms with Gasteiger partial charge in [-0.1, -0.05) is 48.5 Å². The lowest BCUT2D eigenvalue weighted by molar-refractivity contribution is -0.140. The molecule has 0 aliphatic rings. The first-order valence-electron chi connectivity index (χ1n) is 15.4. The van der Waals surface area contributed by atoms with Crippen molar-refractivity contribution in [3.63, 3.8) is 0 Å². The molecule has 0 radical (unpaired) electrons. The van der Waals surface area contributed by atoms with Gasteiger partial charge < -0.3 is 24.4 Å². The first-order valence-corrected chi connectivity index (χ1v) is 16.9. The maximum atomic E-state index is 15.0. The number of amides is 2. The SMILES string of the molecule is CCNC(=O)[C@@H](Cc1ccccc1)N(Cc1ccccc1F)C(=O)CN(c1ccc(OCC)cc1)S(=O)(=O)c1ccc(OC)c(OC)c1. The largest absolute Gasteiger partial charge is 0.494 e. The zero-order valence-electron chi connectivity index (χ0n) is 27.4. The van der Waals surface area contributed by atoms with Gasteiger partial charge in [0.1, 0.15) is 24.2 Å². The molecule has 12 heteroatoms. The van der Waals surface area contributed by atoms with Crippen molar-refractivity contribution in [3.8, 4) is 17.2 Å². The summed E-state index contributed by atoms with van der Waals surface area (Å²) in [5, 5.41) is 2.79. The average Bonchev–Trinajstić information content (AvgIpc) is 3.10. The first-order chi connectivity index (χ1) is 23.1. The molecule has 0 spiro atoms. The summed E-state index contributed by atoms with van der Waals surface area (Å²) in [6, 6.07) is 24.4. The summed E-state index contributed by atoms with van der Waals surface area (Å²) < 4.78 is 60.9. The number of anilines is 1. The second kappa shape index (κ2) is 16.6. The molecule has 4 aromatic rings. The van der Waals surface area contributed by atoms with Crippen molar-refractivity contribution < 1.29 is 36.6 Å². The zero-order valence-corrected chi connectivity index (χ0v) is 28.2. The van der Waals surface area contributed by atoms with Crippen LogP contribution in [0.25, 0.3) is 0 Å². The van der Waals surface area contributed by atoms with Gasteiger partial charge in [-0.15, -0.1) is 0 Å². The van der Waals surface area contributed by atoms with Crippen LogP contribution in [0, 0.1) is 5.82 Å². The first kappa shape index (κ1) is 35.7. The Morgan fingerprint density at radius 1 is 0.854 bits per heavy atom. The highest BCUT2D eigenvalue weighted by atomic mass is 32.2. The van der Waals surface area contributed by atoms with Gasteiger partial charge in [0.2, 0.25) is 11.8 Å². The van der Waals surface area contributed by atoms with Crippen LogP contribution in [0.4, 0.5) is 10.1 Å². The smallest absolute Gasteiger partial charge is 0.264 e. The van der Waals surface area contributed by atoms with Gasteiger partial charge in [0.15, 0.2) is 11.5 Å². The minimum absolute atomic E-state index is 0.109. The fraction of sp³-hybridized carbons (Fsp3) is 0.278. The van der Waals surface area contributed by atoms with Crippen LogP contribution in [0.1, 0.15) is 25.0 Å². The number of methoxy groups -OCH3 is 2. The average molecular weight is 678 g/mol. The Labute approximate surface area is 281 Å². The minimum Gasteiger partial charge on any atom is -0.494 e. The number of benzene rings is 4. The van der Waals surface area contributed by atoms with Crippen molar-refractivity contribution in [2.45, 2.75) is 37.8 Å². The summed E-state index contributed by atoms with van der Waals surface area (Å²) in [6.45, 7) is 3.28. The fourth-order valence-corrected chi connectivity index (χ4v) is 6.59. The Kier molecular flexibility index (Phi) is 12.4. The van der Waals surface area contributed by atoms with E-state index in [-0.39, 0.29) is 41.4 Å². The van der Waals surface area contributed by atoms with Crippen molar-refractivity contribution >= 4 is 27.5 Å². The highest BCUT2D eigenvalue weighted by Gasteiger charge is 2.35. The van der Waals surface area contributed by atoms with Crippen molar-refractivity contribution in [1.29, 1.82) is 0 Å². The number of carbonyl (C=O) groups excluding carboxylic acids is 2. The highest BCUT2D eigenvalue weighted by Crippen LogP contribution is 2.33. The predicted molar refractivity (Wildman–Crippen MR) is 181 cm³/mol. The molecule has 4 aromatic carbocycles. The van der Waals surface area contributed by atoms with Crippen LogP contribution in [-0.2, 0) is 32.6 Å². The number of hydrogen-bond donors (Lipinski definition) is 1. The van der Waals surface area contributed by atoms with E-state index in [9.17, 15) is 18.0 Å². The summed E-state index contributed by atoms with van der Waals surface area (Å²) in [7, 11) is -1.61. The molecule has 0 bridgehead atoms. The summed E-state index contributed by atoms with van der Waals surface area (Å²) in [5.74, 6) is -0.731. The van der Waals surface area contributed by atoms with Crippen LogP contribution in [0.3, 0.4) is 0 Å². The molecule has 0 aliphatic carbocycles. The predicted octanol–water partition coefficient (Wildman–Crippen LogP) is 5.21. The summed E-state index contributed by atoms with van der Waals surface area (Å²) in [6.07, 6.45) is 0.109. The fourth-order valence-electron chi connectivity index (χ4n) is 5.16. The van der Waals surface area contributed by atoms with Crippen LogP contribution in [0.5, 0.6) is 17.2 Å². The van der Waals surface area contributed by atoms with Crippen LogP contribution in [0.15, 0.2) is 102 Å². The molecule has 10 nitrogen and oxygen atoms in total. The Morgan fingerprint density at radius 2 is 1.52 bits per heavy atom. The van der Waals surface area contributed by atoms with E-state index >= 15 is 4.39 Å². The van der Waals surface area contributed by atoms with Gasteiger partial charge in [0.25, 0.3) is 10.0 Å². The van der Waals surface area contributed by atoms with Gasteiger partial charge in [-0.3, -0.25) is 13.9 Å². The maximum Gasteiger partial charge on any atom is 0.264 e. The Balaban J connectivity index is 1.83. The lowest BCUT2D eigenvalue weighted by Crippen LogP contribution is -2.53. The summed E-state index contributed by atoms with van der Waals surface area (Å²) >= 11 is 0. The third kappa shape index (κ3) is 8.62. The van der Waals surface area contributed by atoms with Crippen molar-refractivity contribution in [2.75, 3.05) is 38.2 Å². The Morgan fingerprint density at radius 3 is 2.15 bits per heavy atom. The van der Waals surface area contributed by atoms with E-state index in [1.165, 1.54) is 67.7 Å². The molecule has 4 rings (SSSR count). The molecule has 0 aliphatic heterocycles. The van der Waals surface area contributed by atoms with E-state index in [4.69, 9.17) is 14.2 Å². The standard InChI is InChI=1S/C36H40FN3O7S/c1-5-38-36(42)32(22-26-12-8-7-9-13-26)39(24-27-14-10-11-15-31(27)37)35(41)25-40(28-16-18-29(19-17-28)47-6-2)48(43,44)30-20-21-33(45-3)34(23-30)46-4/h7-21,23,32H,5-6,22,24-25H2,1-4H3,(H,38,42)/t32-/m1/s1. The normalized spacial score (nSPS) is 11.7. The Bertz CT molecular complexity index is 1790. The quantitative estimate of drug-likeness (QED) is 0.173. The highest BCUT2D eigenvalue weighted by molar-refractivity contribution is 7.92. The van der Waals surface area contributed by atoms with Gasteiger partial charge in [0.05, 0.1) is 31.4 Å². The maximum absolute atomic E-state index is 15.0. The molecule has 0 saturated heterocycles. The number of likely N-dealkylation sites (N-methyl/N-ethyl adjacent to an activating group) is 1. The van der Waals surface area contributed by atoms with E-state index in [1.54, 1.807) is 25.1 Å². The molecular weight excluding hydrogens is 637 g/mol. The number of nitrogens with one attached hydrogen (secondary N) is 1. The monoisotopic (exact) mass is 677 g/mol. The third-order valence-corrected chi connectivity index (χ3v) is 9.35. The van der Waals surface area contributed by atoms with Crippen molar-refractivity contribution in [2.24, 2.45) is 0 Å². The lowest BCUT2D eigenvalue weighted by Gasteiger charge is -2.34. The summed E-state index contributed by atoms with van der Waals surface area (Å²) in [5.41, 5.74) is 1.11. The van der Waals surface area contributed by atoms with E-state index in [1.807, 2.05) is 37.3 Å². The van der Waals surface area contributed by atoms with E-state index in [0.29, 0.717) is 18.1 Å². The van der Waals surface area contributed by atoms with Crippen molar-refractivity contribution in [1.82, 2.24) is 10.2 Å². The van der Waals surface area contributed by atoms with Crippen LogP contribution >= 0.6 is 0 Å². The van der Waals surface area contributed by atoms with Crippen molar-refractivity contribution in [3.05, 3.63) is 114 Å². The number of rotatable bonds is 16. The molecule has 0 saturated carbocycles. The van der Waals surface area contributed by atoms with Crippen LogP contribution < -0.4 is 23.8 Å². The van der Waals surface area contributed by atoms with Crippen LogP contribution in [0.2, 0.25) is 0 Å². The second-order valence-corrected chi connectivity index (χ2v) is 12.5. The number of nitrogens with zero attached hydrogens (tertiary/aromatic N) is 2. The minimum atomic E-state index is -4.43. The molecule has 1 N–H and O–H groups in total. The van der Waals surface area contributed by atoms with E-state index < -0.39 is 40.2 Å². The molecule has 48 heavy (non-hydrogen) atoms. The lowest BCUT2D eigenvalue weighted by atomic mass is 10.0. The number of ether oxygens (including phenoxy) is 3. The molecule has 0 heterocycles. The number of carbonyl (C=O) groups is 2. The molecule has 0 aromatic heterocycles. The van der Waals surface area contributed by atoms with Gasteiger partial charge in [0, 0.05) is 31.1 Å². The van der Waals surface area contributed by atoms with Gasteiger partial charge in [-0.2, -0.15) is 0 Å². The molecule has 0 unspecified atom stereocenters. The molecule has 1 atom stereocenters. The molecule has 254 valence electrons. The molecular formula is C36H40FN3O7S.